The van der Waals surface area contributed by atoms with Crippen LogP contribution in [-0.4, -0.2) is 36.7 Å². The van der Waals surface area contributed by atoms with E-state index in [2.05, 4.69) is 10.3 Å². The van der Waals surface area contributed by atoms with E-state index in [1.165, 1.54) is 47.0 Å². The fourth-order valence-electron chi connectivity index (χ4n) is 2.67. The van der Waals surface area contributed by atoms with Crippen molar-refractivity contribution in [2.24, 2.45) is 0 Å². The molecule has 30 heavy (non-hydrogen) atoms. The molecule has 0 aliphatic rings. The van der Waals surface area contributed by atoms with E-state index in [0.717, 1.165) is 10.4 Å². The van der Waals surface area contributed by atoms with Crippen LogP contribution in [0.25, 0.3) is 0 Å². The van der Waals surface area contributed by atoms with Crippen LogP contribution in [0.1, 0.15) is 34.6 Å². The molecule has 0 bridgehead atoms. The van der Waals surface area contributed by atoms with Crippen molar-refractivity contribution in [2.45, 2.75) is 31.2 Å². The number of carbonyl (C=O) groups is 1. The largest absolute Gasteiger partial charge is 0.298 e. The first-order chi connectivity index (χ1) is 14.2. The summed E-state index contributed by atoms with van der Waals surface area (Å²) in [7, 11) is -2.06. The van der Waals surface area contributed by atoms with Gasteiger partial charge in [0.05, 0.1) is 4.90 Å². The topological polar surface area (TPSA) is 79.4 Å². The highest BCUT2D eigenvalue weighted by Gasteiger charge is 2.23. The van der Waals surface area contributed by atoms with Gasteiger partial charge in [-0.2, -0.15) is 4.31 Å². The second-order valence-electron chi connectivity index (χ2n) is 6.99. The Morgan fingerprint density at radius 3 is 2.47 bits per heavy atom. The number of thiazole rings is 1. The van der Waals surface area contributed by atoms with Crippen LogP contribution in [0.5, 0.6) is 0 Å². The first-order valence-electron chi connectivity index (χ1n) is 9.26. The molecule has 1 N–H and O–H groups in total. The molecular weight excluding hydrogens is 442 g/mol. The lowest BCUT2D eigenvalue weighted by Gasteiger charge is -2.20. The van der Waals surface area contributed by atoms with Crippen molar-refractivity contribution < 1.29 is 13.2 Å². The maximum absolute atomic E-state index is 12.5. The van der Waals surface area contributed by atoms with Crippen LogP contribution < -0.4 is 5.32 Å². The number of anilines is 1. The monoisotopic (exact) mass is 463 g/mol. The molecule has 1 aromatic heterocycles. The second-order valence-corrected chi connectivity index (χ2v) is 10.5. The van der Waals surface area contributed by atoms with Crippen molar-refractivity contribution in [1.29, 1.82) is 0 Å². The van der Waals surface area contributed by atoms with Crippen molar-refractivity contribution >= 4 is 44.0 Å². The normalized spacial score (nSPS) is 11.8. The van der Waals surface area contributed by atoms with E-state index in [-0.39, 0.29) is 16.8 Å². The summed E-state index contributed by atoms with van der Waals surface area (Å²) in [5, 5.41) is 3.91. The van der Waals surface area contributed by atoms with Gasteiger partial charge in [0.1, 0.15) is 0 Å². The molecule has 158 valence electrons. The van der Waals surface area contributed by atoms with Crippen LogP contribution in [0.2, 0.25) is 5.02 Å². The van der Waals surface area contributed by atoms with E-state index in [0.29, 0.717) is 22.1 Å². The number of rotatable bonds is 7. The van der Waals surface area contributed by atoms with Gasteiger partial charge in [0, 0.05) is 41.2 Å². The summed E-state index contributed by atoms with van der Waals surface area (Å²) in [6, 6.07) is 13.3. The van der Waals surface area contributed by atoms with Crippen molar-refractivity contribution in [3.63, 3.8) is 0 Å². The number of hydrogen-bond acceptors (Lipinski definition) is 5. The van der Waals surface area contributed by atoms with Gasteiger partial charge in [-0.1, -0.05) is 29.8 Å². The van der Waals surface area contributed by atoms with E-state index in [1.54, 1.807) is 20.0 Å². The van der Waals surface area contributed by atoms with Gasteiger partial charge in [-0.3, -0.25) is 10.1 Å². The minimum Gasteiger partial charge on any atom is -0.298 e. The van der Waals surface area contributed by atoms with Crippen LogP contribution in [-0.2, 0) is 16.4 Å². The summed E-state index contributed by atoms with van der Waals surface area (Å²) >= 11 is 7.57. The van der Waals surface area contributed by atoms with Crippen LogP contribution in [0, 0.1) is 0 Å². The Balaban J connectivity index is 1.68. The number of nitrogens with zero attached hydrogens (tertiary/aromatic N) is 2. The standard InChI is InChI=1S/C21H22ClN3O3S2/c1-14(2)25(3)30(27,28)18-10-8-15(9-11-18)20(26)24-21-23-13-17(29-21)12-16-6-4-5-7-19(16)22/h4-11,13-14H,12H2,1-3H3,(H,23,24,26). The minimum absolute atomic E-state index is 0.145. The van der Waals surface area contributed by atoms with E-state index < -0.39 is 10.0 Å². The Kier molecular flexibility index (Phi) is 6.92. The number of carbonyl (C=O) groups excluding carboxylic acids is 1. The van der Waals surface area contributed by atoms with Crippen LogP contribution in [0.15, 0.2) is 59.6 Å². The number of benzene rings is 2. The Morgan fingerprint density at radius 2 is 1.83 bits per heavy atom. The SMILES string of the molecule is CC(C)N(C)S(=O)(=O)c1ccc(C(=O)Nc2ncc(Cc3ccccc3Cl)s2)cc1. The lowest BCUT2D eigenvalue weighted by molar-refractivity contribution is 0.102. The average molecular weight is 464 g/mol. The molecule has 0 unspecified atom stereocenters. The predicted molar refractivity (Wildman–Crippen MR) is 121 cm³/mol. The van der Waals surface area contributed by atoms with Crippen molar-refractivity contribution in [3.05, 3.63) is 75.8 Å². The van der Waals surface area contributed by atoms with Gasteiger partial charge >= 0.3 is 0 Å². The molecule has 0 radical (unpaired) electrons. The fourth-order valence-corrected chi connectivity index (χ4v) is 5.07. The number of amides is 1. The third-order valence-electron chi connectivity index (χ3n) is 4.62. The molecule has 0 spiro atoms. The lowest BCUT2D eigenvalue weighted by Crippen LogP contribution is -2.33. The van der Waals surface area contributed by atoms with Crippen LogP contribution in [0.3, 0.4) is 0 Å². The lowest BCUT2D eigenvalue weighted by atomic mass is 10.1. The van der Waals surface area contributed by atoms with Gasteiger partial charge in [0.15, 0.2) is 5.13 Å². The highest BCUT2D eigenvalue weighted by atomic mass is 35.5. The summed E-state index contributed by atoms with van der Waals surface area (Å²) in [4.78, 5) is 17.9. The molecule has 0 saturated heterocycles. The Morgan fingerprint density at radius 1 is 1.17 bits per heavy atom. The Labute approximate surface area is 185 Å². The summed E-state index contributed by atoms with van der Waals surface area (Å²) in [6.07, 6.45) is 2.34. The molecule has 9 heteroatoms. The second kappa shape index (κ2) is 9.26. The maximum Gasteiger partial charge on any atom is 0.257 e. The summed E-state index contributed by atoms with van der Waals surface area (Å²) in [5.41, 5.74) is 1.34. The van der Waals surface area contributed by atoms with Crippen molar-refractivity contribution in [2.75, 3.05) is 12.4 Å². The molecule has 1 heterocycles. The van der Waals surface area contributed by atoms with Crippen molar-refractivity contribution in [1.82, 2.24) is 9.29 Å². The zero-order chi connectivity index (χ0) is 21.9. The Hall–Kier alpha value is -2.26. The van der Waals surface area contributed by atoms with Gasteiger partial charge in [0.2, 0.25) is 10.0 Å². The molecule has 1 amide bonds. The minimum atomic E-state index is -3.59. The molecule has 2 aromatic carbocycles. The molecule has 6 nitrogen and oxygen atoms in total. The molecule has 3 aromatic rings. The maximum atomic E-state index is 12.5. The van der Waals surface area contributed by atoms with E-state index >= 15 is 0 Å². The molecule has 0 aliphatic carbocycles. The summed E-state index contributed by atoms with van der Waals surface area (Å²) in [6.45, 7) is 3.60. The highest BCUT2D eigenvalue weighted by Crippen LogP contribution is 2.25. The average Bonchev–Trinajstić information content (AvgIpc) is 3.16. The summed E-state index contributed by atoms with van der Waals surface area (Å²) in [5.74, 6) is -0.352. The van der Waals surface area contributed by atoms with Gasteiger partial charge in [-0.05, 0) is 49.7 Å². The number of hydrogen-bond donors (Lipinski definition) is 1. The third-order valence-corrected chi connectivity index (χ3v) is 7.95. The van der Waals surface area contributed by atoms with E-state index in [4.69, 9.17) is 11.6 Å². The molecule has 3 rings (SSSR count). The van der Waals surface area contributed by atoms with Gasteiger partial charge in [-0.25, -0.2) is 13.4 Å². The van der Waals surface area contributed by atoms with E-state index in [9.17, 15) is 13.2 Å². The van der Waals surface area contributed by atoms with E-state index in [1.807, 2.05) is 24.3 Å². The zero-order valence-electron chi connectivity index (χ0n) is 16.8. The highest BCUT2D eigenvalue weighted by molar-refractivity contribution is 7.89. The number of nitrogens with one attached hydrogen (secondary N) is 1. The van der Waals surface area contributed by atoms with Crippen LogP contribution >= 0.6 is 22.9 Å². The summed E-state index contributed by atoms with van der Waals surface area (Å²) < 4.78 is 26.4. The Bertz CT molecular complexity index is 1140. The molecular formula is C21H22ClN3O3S2. The first-order valence-corrected chi connectivity index (χ1v) is 11.9. The third kappa shape index (κ3) is 5.07. The first kappa shape index (κ1) is 22.4. The number of sulfonamides is 1. The van der Waals surface area contributed by atoms with Crippen molar-refractivity contribution in [3.8, 4) is 0 Å². The van der Waals surface area contributed by atoms with Gasteiger partial charge < -0.3 is 0 Å². The molecule has 0 aliphatic heterocycles. The fraction of sp³-hybridized carbons (Fsp3) is 0.238. The number of aromatic nitrogens is 1. The van der Waals surface area contributed by atoms with Crippen LogP contribution in [0.4, 0.5) is 5.13 Å². The number of halogens is 1. The molecule has 0 saturated carbocycles. The molecule has 0 fully saturated rings. The zero-order valence-corrected chi connectivity index (χ0v) is 19.2. The smallest absolute Gasteiger partial charge is 0.257 e. The predicted octanol–water partition coefficient (Wildman–Crippen LogP) is 4.67. The quantitative estimate of drug-likeness (QED) is 0.552. The molecule has 0 atom stereocenters. The van der Waals surface area contributed by atoms with Gasteiger partial charge in [0.25, 0.3) is 5.91 Å². The van der Waals surface area contributed by atoms with Gasteiger partial charge in [-0.15, -0.1) is 11.3 Å².